The summed E-state index contributed by atoms with van der Waals surface area (Å²) < 4.78 is 0. The zero-order valence-corrected chi connectivity index (χ0v) is 5.89. The zero-order valence-electron chi connectivity index (χ0n) is 5.89. The topological polar surface area (TPSA) is 24.4 Å². The minimum atomic E-state index is 0.674. The largest absolute Gasteiger partial charge is 0.374 e. The van der Waals surface area contributed by atoms with Gasteiger partial charge in [-0.15, -0.1) is 0 Å². The lowest BCUT2D eigenvalue weighted by Crippen LogP contribution is -2.00. The van der Waals surface area contributed by atoms with Crippen LogP contribution in [0.3, 0.4) is 0 Å². The van der Waals surface area contributed by atoms with E-state index < -0.39 is 0 Å². The number of rotatable bonds is 3. The van der Waals surface area contributed by atoms with Crippen LogP contribution in [0.2, 0.25) is 0 Å². The van der Waals surface area contributed by atoms with Crippen molar-refractivity contribution in [1.82, 2.24) is 5.32 Å². The van der Waals surface area contributed by atoms with E-state index in [2.05, 4.69) is 16.9 Å². The van der Waals surface area contributed by atoms with Gasteiger partial charge in [0.25, 0.3) is 0 Å². The van der Waals surface area contributed by atoms with E-state index in [9.17, 15) is 0 Å². The molecule has 0 aliphatic rings. The number of hydrogen-bond donors (Lipinski definition) is 1. The maximum atomic E-state index is 3.92. The Labute approximate surface area is 56.0 Å². The van der Waals surface area contributed by atoms with Crippen LogP contribution in [-0.4, -0.2) is 13.3 Å². The maximum absolute atomic E-state index is 3.92. The van der Waals surface area contributed by atoms with Crippen molar-refractivity contribution in [3.05, 3.63) is 24.6 Å². The molecule has 50 valence electrons. The molecule has 2 heteroatoms. The number of nitrogens with one attached hydrogen (secondary N) is 1. The molecule has 2 nitrogen and oxygen atoms in total. The Bertz CT molecular complexity index is 134. The second kappa shape index (κ2) is 5.09. The van der Waals surface area contributed by atoms with Crippen LogP contribution in [0.15, 0.2) is 29.5 Å². The van der Waals surface area contributed by atoms with Gasteiger partial charge in [0.05, 0.1) is 0 Å². The highest BCUT2D eigenvalue weighted by atomic mass is 15.0. The first-order valence-electron chi connectivity index (χ1n) is 2.83. The van der Waals surface area contributed by atoms with Gasteiger partial charge in [-0.2, -0.15) is 0 Å². The summed E-state index contributed by atoms with van der Waals surface area (Å²) in [6.07, 6.45) is 5.45. The molecule has 0 aromatic carbocycles. The third kappa shape index (κ3) is 4.81. The second-order valence-corrected chi connectivity index (χ2v) is 1.50. The number of nitrogens with zero attached hydrogens (tertiary/aromatic N) is 1. The third-order valence-electron chi connectivity index (χ3n) is 0.797. The zero-order chi connectivity index (χ0) is 7.11. The molecule has 0 saturated heterocycles. The van der Waals surface area contributed by atoms with E-state index in [0.29, 0.717) is 5.82 Å². The average molecular weight is 124 g/mol. The fourth-order valence-electron chi connectivity index (χ4n) is 0.284. The normalized spacial score (nSPS) is 10.9. The molecule has 0 bridgehead atoms. The van der Waals surface area contributed by atoms with Gasteiger partial charge in [0.1, 0.15) is 5.82 Å². The van der Waals surface area contributed by atoms with E-state index in [1.54, 1.807) is 13.3 Å². The van der Waals surface area contributed by atoms with Crippen LogP contribution in [0.4, 0.5) is 0 Å². The molecule has 0 saturated carbocycles. The van der Waals surface area contributed by atoms with Crippen LogP contribution in [0, 0.1) is 0 Å². The third-order valence-corrected chi connectivity index (χ3v) is 0.797. The lowest BCUT2D eigenvalue weighted by Gasteiger charge is -1.91. The molecule has 0 unspecified atom stereocenters. The Balaban J connectivity index is 3.57. The number of hydrogen-bond acceptors (Lipinski definition) is 2. The van der Waals surface area contributed by atoms with Crippen molar-refractivity contribution in [2.45, 2.75) is 6.92 Å². The van der Waals surface area contributed by atoms with Crippen molar-refractivity contribution in [2.24, 2.45) is 4.99 Å². The van der Waals surface area contributed by atoms with Crippen LogP contribution in [0.5, 0.6) is 0 Å². The molecule has 0 heterocycles. The summed E-state index contributed by atoms with van der Waals surface area (Å²) in [5.41, 5.74) is 0. The summed E-state index contributed by atoms with van der Waals surface area (Å²) in [6.45, 7) is 5.54. The van der Waals surface area contributed by atoms with Gasteiger partial charge in [0.2, 0.25) is 0 Å². The number of allylic oxidation sites excluding steroid dienone is 2. The summed E-state index contributed by atoms with van der Waals surface area (Å²) in [6, 6.07) is 0. The molecule has 0 rings (SSSR count). The van der Waals surface area contributed by atoms with Crippen molar-refractivity contribution in [2.75, 3.05) is 7.05 Å². The molecule has 0 aromatic heterocycles. The van der Waals surface area contributed by atoms with Gasteiger partial charge in [-0.25, -0.2) is 4.99 Å². The molecule has 0 fully saturated rings. The molecule has 0 radical (unpaired) electrons. The van der Waals surface area contributed by atoms with Gasteiger partial charge in [0.15, 0.2) is 0 Å². The minimum Gasteiger partial charge on any atom is -0.374 e. The van der Waals surface area contributed by atoms with Crippen molar-refractivity contribution in [1.29, 1.82) is 0 Å². The lowest BCUT2D eigenvalue weighted by atomic mass is 10.6. The highest BCUT2D eigenvalue weighted by Crippen LogP contribution is 1.80. The quantitative estimate of drug-likeness (QED) is 0.564. The van der Waals surface area contributed by atoms with Gasteiger partial charge >= 0.3 is 0 Å². The summed E-state index contributed by atoms with van der Waals surface area (Å²) in [5.74, 6) is 0.674. The van der Waals surface area contributed by atoms with E-state index in [4.69, 9.17) is 0 Å². The molecule has 0 aliphatic carbocycles. The Hall–Kier alpha value is -1.05. The van der Waals surface area contributed by atoms with Crippen LogP contribution in [-0.2, 0) is 0 Å². The minimum absolute atomic E-state index is 0.674. The van der Waals surface area contributed by atoms with E-state index in [1.807, 2.05) is 19.1 Å². The Morgan fingerprint density at radius 3 is 2.78 bits per heavy atom. The highest BCUT2D eigenvalue weighted by molar-refractivity contribution is 5.71. The van der Waals surface area contributed by atoms with Gasteiger partial charge in [0, 0.05) is 13.3 Å². The van der Waals surface area contributed by atoms with E-state index in [1.165, 1.54) is 0 Å². The fraction of sp³-hybridized carbons (Fsp3) is 0.286. The molecule has 0 aromatic rings. The van der Waals surface area contributed by atoms with E-state index in [0.717, 1.165) is 0 Å². The fourth-order valence-corrected chi connectivity index (χ4v) is 0.284. The van der Waals surface area contributed by atoms with Crippen LogP contribution in [0.1, 0.15) is 6.92 Å². The molecular formula is C7H12N2. The molecule has 1 N–H and O–H groups in total. The molecule has 9 heavy (non-hydrogen) atoms. The first kappa shape index (κ1) is 7.95. The van der Waals surface area contributed by atoms with Crippen molar-refractivity contribution < 1.29 is 0 Å². The smallest absolute Gasteiger partial charge is 0.118 e. The lowest BCUT2D eigenvalue weighted by molar-refractivity contribution is 0.977. The maximum Gasteiger partial charge on any atom is 0.118 e. The second-order valence-electron chi connectivity index (χ2n) is 1.50. The first-order valence-corrected chi connectivity index (χ1v) is 2.83. The molecule has 0 spiro atoms. The van der Waals surface area contributed by atoms with Gasteiger partial charge < -0.3 is 5.32 Å². The van der Waals surface area contributed by atoms with Crippen molar-refractivity contribution >= 4 is 6.21 Å². The SMILES string of the molecule is C=C(N=C/C=C\C)NC. The summed E-state index contributed by atoms with van der Waals surface area (Å²) in [5, 5.41) is 2.80. The van der Waals surface area contributed by atoms with Gasteiger partial charge in [-0.05, 0) is 13.0 Å². The predicted octanol–water partition coefficient (Wildman–Crippen LogP) is 1.32. The monoisotopic (exact) mass is 124 g/mol. The van der Waals surface area contributed by atoms with E-state index >= 15 is 0 Å². The summed E-state index contributed by atoms with van der Waals surface area (Å²) in [7, 11) is 1.79. The summed E-state index contributed by atoms with van der Waals surface area (Å²) >= 11 is 0. The highest BCUT2D eigenvalue weighted by Gasteiger charge is 1.74. The Kier molecular flexibility index (Phi) is 4.50. The Morgan fingerprint density at radius 2 is 2.33 bits per heavy atom. The molecule has 0 aliphatic heterocycles. The summed E-state index contributed by atoms with van der Waals surface area (Å²) in [4.78, 5) is 3.92. The molecule has 0 atom stereocenters. The van der Waals surface area contributed by atoms with E-state index in [-0.39, 0.29) is 0 Å². The van der Waals surface area contributed by atoms with Crippen molar-refractivity contribution in [3.63, 3.8) is 0 Å². The standard InChI is InChI=1S/C7H12N2/c1-4-5-6-9-7(2)8-3/h4-6,8H,2H2,1,3H3/b5-4-,9-6?. The predicted molar refractivity (Wildman–Crippen MR) is 41.5 cm³/mol. The Morgan fingerprint density at radius 1 is 1.67 bits per heavy atom. The van der Waals surface area contributed by atoms with Crippen LogP contribution >= 0.6 is 0 Å². The average Bonchev–Trinajstić information content (AvgIpc) is 1.89. The van der Waals surface area contributed by atoms with Gasteiger partial charge in [-0.1, -0.05) is 12.7 Å². The molecular weight excluding hydrogens is 112 g/mol. The number of aliphatic imine (C=N–C) groups is 1. The molecule has 0 amide bonds. The van der Waals surface area contributed by atoms with Crippen LogP contribution in [0.25, 0.3) is 0 Å². The van der Waals surface area contributed by atoms with Gasteiger partial charge in [-0.3, -0.25) is 0 Å². The van der Waals surface area contributed by atoms with Crippen LogP contribution < -0.4 is 5.32 Å². The van der Waals surface area contributed by atoms with Crippen molar-refractivity contribution in [3.8, 4) is 0 Å². The first-order chi connectivity index (χ1) is 4.31.